The number of nitrogens with one attached hydrogen (secondary N) is 2. The Morgan fingerprint density at radius 3 is 3.00 bits per heavy atom. The van der Waals surface area contributed by atoms with E-state index in [0.717, 1.165) is 12.8 Å². The summed E-state index contributed by atoms with van der Waals surface area (Å²) in [7, 11) is 0. The number of amides is 1. The van der Waals surface area contributed by atoms with Gasteiger partial charge in [0.2, 0.25) is 0 Å². The third-order valence-electron chi connectivity index (χ3n) is 2.56. The van der Waals surface area contributed by atoms with Crippen LogP contribution >= 0.6 is 0 Å². The molecule has 1 aliphatic carbocycles. The average molecular weight is 196 g/mol. The summed E-state index contributed by atoms with van der Waals surface area (Å²) in [6.07, 6.45) is 3.32. The van der Waals surface area contributed by atoms with Crippen LogP contribution in [-0.2, 0) is 0 Å². The molecule has 2 rings (SSSR count). The number of aromatic amines is 1. The summed E-state index contributed by atoms with van der Waals surface area (Å²) in [5.74, 6) is -0.251. The Kier molecular flexibility index (Phi) is 2.20. The minimum atomic E-state index is -0.251. The van der Waals surface area contributed by atoms with Crippen LogP contribution < -0.4 is 5.32 Å². The zero-order chi connectivity index (χ0) is 10.0. The molecule has 0 saturated heterocycles. The average Bonchev–Trinajstić information content (AvgIpc) is 2.78. The Morgan fingerprint density at radius 1 is 1.71 bits per heavy atom. The van der Waals surface area contributed by atoms with Gasteiger partial charge >= 0.3 is 0 Å². The fraction of sp³-hybridized carbons (Fsp3) is 0.625. The molecule has 0 atom stereocenters. The van der Waals surface area contributed by atoms with Gasteiger partial charge < -0.3 is 10.4 Å². The molecule has 0 unspecified atom stereocenters. The van der Waals surface area contributed by atoms with E-state index in [9.17, 15) is 4.79 Å². The summed E-state index contributed by atoms with van der Waals surface area (Å²) < 4.78 is 0. The second kappa shape index (κ2) is 3.38. The lowest BCUT2D eigenvalue weighted by molar-refractivity contribution is 0.0930. The molecule has 3 N–H and O–H groups in total. The largest absolute Gasteiger partial charge is 0.396 e. The zero-order valence-corrected chi connectivity index (χ0v) is 7.66. The molecule has 0 aliphatic heterocycles. The number of rotatable bonds is 4. The first-order valence-electron chi connectivity index (χ1n) is 4.51. The molecule has 0 radical (unpaired) electrons. The fourth-order valence-corrected chi connectivity index (χ4v) is 1.24. The predicted molar refractivity (Wildman–Crippen MR) is 47.5 cm³/mol. The van der Waals surface area contributed by atoms with Gasteiger partial charge in [0.15, 0.2) is 5.69 Å². The smallest absolute Gasteiger partial charge is 0.273 e. The van der Waals surface area contributed by atoms with Crippen molar-refractivity contribution in [2.24, 2.45) is 5.41 Å². The van der Waals surface area contributed by atoms with Gasteiger partial charge in [-0.3, -0.25) is 4.79 Å². The molecule has 0 bridgehead atoms. The predicted octanol–water partition coefficient (Wildman–Crippen LogP) is -0.693. The highest BCUT2D eigenvalue weighted by molar-refractivity contribution is 5.91. The Balaban J connectivity index is 1.84. The Hall–Kier alpha value is -1.43. The third-order valence-corrected chi connectivity index (χ3v) is 2.56. The summed E-state index contributed by atoms with van der Waals surface area (Å²) in [6.45, 7) is 0.640. The van der Waals surface area contributed by atoms with Gasteiger partial charge in [-0.25, -0.2) is 0 Å². The second-order valence-electron chi connectivity index (χ2n) is 3.70. The fourth-order valence-electron chi connectivity index (χ4n) is 1.24. The van der Waals surface area contributed by atoms with Gasteiger partial charge in [-0.1, -0.05) is 0 Å². The van der Waals surface area contributed by atoms with Gasteiger partial charge in [-0.05, 0) is 12.8 Å². The van der Waals surface area contributed by atoms with E-state index >= 15 is 0 Å². The molecule has 6 heteroatoms. The summed E-state index contributed by atoms with van der Waals surface area (Å²) in [5, 5.41) is 21.3. The van der Waals surface area contributed by atoms with Crippen molar-refractivity contribution in [1.29, 1.82) is 0 Å². The van der Waals surface area contributed by atoms with E-state index in [1.807, 2.05) is 0 Å². The van der Waals surface area contributed by atoms with Crippen LogP contribution in [0.15, 0.2) is 6.20 Å². The number of aliphatic hydroxyl groups is 1. The van der Waals surface area contributed by atoms with Crippen molar-refractivity contribution in [2.45, 2.75) is 12.8 Å². The van der Waals surface area contributed by atoms with Crippen molar-refractivity contribution in [3.63, 3.8) is 0 Å². The summed E-state index contributed by atoms with van der Waals surface area (Å²) in [5.41, 5.74) is 0.207. The highest BCUT2D eigenvalue weighted by Crippen LogP contribution is 2.44. The first-order chi connectivity index (χ1) is 6.76. The molecular formula is C8H12N4O2. The van der Waals surface area contributed by atoms with Crippen LogP contribution in [0.25, 0.3) is 0 Å². The second-order valence-corrected chi connectivity index (χ2v) is 3.70. The molecule has 0 aromatic carbocycles. The van der Waals surface area contributed by atoms with Gasteiger partial charge in [0.05, 0.1) is 12.8 Å². The monoisotopic (exact) mass is 196 g/mol. The molecule has 1 heterocycles. The number of hydrogen-bond acceptors (Lipinski definition) is 4. The van der Waals surface area contributed by atoms with E-state index in [4.69, 9.17) is 5.11 Å². The number of hydrogen-bond donors (Lipinski definition) is 3. The van der Waals surface area contributed by atoms with E-state index in [0.29, 0.717) is 6.54 Å². The van der Waals surface area contributed by atoms with Crippen molar-refractivity contribution >= 4 is 5.91 Å². The number of H-pyrrole nitrogens is 1. The highest BCUT2D eigenvalue weighted by Gasteiger charge is 2.42. The maximum absolute atomic E-state index is 11.4. The minimum absolute atomic E-state index is 0.0700. The summed E-state index contributed by atoms with van der Waals surface area (Å²) in [4.78, 5) is 11.4. The molecule has 76 valence electrons. The molecule has 14 heavy (non-hydrogen) atoms. The molecule has 1 aliphatic rings. The summed E-state index contributed by atoms with van der Waals surface area (Å²) in [6, 6.07) is 0. The van der Waals surface area contributed by atoms with E-state index in [2.05, 4.69) is 20.7 Å². The van der Waals surface area contributed by atoms with Crippen LogP contribution in [-0.4, -0.2) is 39.6 Å². The summed E-state index contributed by atoms with van der Waals surface area (Å²) >= 11 is 0. The van der Waals surface area contributed by atoms with Crippen molar-refractivity contribution in [3.8, 4) is 0 Å². The molecule has 1 fully saturated rings. The van der Waals surface area contributed by atoms with Crippen LogP contribution in [0, 0.1) is 5.41 Å². The molecular weight excluding hydrogens is 184 g/mol. The standard InChI is InChI=1S/C8H12N4O2/c13-5-8(1-2-8)4-9-7(14)6-3-10-12-11-6/h3,13H,1-2,4-5H2,(H,9,14)(H,10,11,12). The number of carbonyl (C=O) groups excluding carboxylic acids is 1. The van der Waals surface area contributed by atoms with Gasteiger partial charge in [0.1, 0.15) is 0 Å². The molecule has 1 aromatic rings. The lowest BCUT2D eigenvalue weighted by Gasteiger charge is -2.11. The maximum Gasteiger partial charge on any atom is 0.273 e. The van der Waals surface area contributed by atoms with E-state index in [1.54, 1.807) is 0 Å². The van der Waals surface area contributed by atoms with Gasteiger partial charge in [-0.2, -0.15) is 15.4 Å². The SMILES string of the molecule is O=C(NCC1(CO)CC1)c1cn[nH]n1. The number of carbonyl (C=O) groups is 1. The van der Waals surface area contributed by atoms with E-state index in [-0.39, 0.29) is 23.6 Å². The van der Waals surface area contributed by atoms with Crippen LogP contribution in [0.3, 0.4) is 0 Å². The van der Waals surface area contributed by atoms with Gasteiger partial charge in [0.25, 0.3) is 5.91 Å². The van der Waals surface area contributed by atoms with E-state index < -0.39 is 0 Å². The normalized spacial score (nSPS) is 17.8. The number of nitrogens with zero attached hydrogens (tertiary/aromatic N) is 2. The quantitative estimate of drug-likeness (QED) is 0.594. The Labute approximate surface area is 80.7 Å². The van der Waals surface area contributed by atoms with Crippen LogP contribution in [0.2, 0.25) is 0 Å². The lowest BCUT2D eigenvalue weighted by Crippen LogP contribution is -2.32. The lowest BCUT2D eigenvalue weighted by atomic mass is 10.1. The van der Waals surface area contributed by atoms with Crippen LogP contribution in [0.4, 0.5) is 0 Å². The van der Waals surface area contributed by atoms with Crippen molar-refractivity contribution in [2.75, 3.05) is 13.2 Å². The molecule has 1 saturated carbocycles. The van der Waals surface area contributed by atoms with Gasteiger partial charge in [0, 0.05) is 12.0 Å². The maximum atomic E-state index is 11.4. The molecule has 1 amide bonds. The van der Waals surface area contributed by atoms with Gasteiger partial charge in [-0.15, -0.1) is 0 Å². The van der Waals surface area contributed by atoms with Crippen molar-refractivity contribution < 1.29 is 9.90 Å². The van der Waals surface area contributed by atoms with Crippen molar-refractivity contribution in [1.82, 2.24) is 20.7 Å². The minimum Gasteiger partial charge on any atom is -0.396 e. The van der Waals surface area contributed by atoms with E-state index in [1.165, 1.54) is 6.20 Å². The highest BCUT2D eigenvalue weighted by atomic mass is 16.3. The number of aromatic nitrogens is 3. The van der Waals surface area contributed by atoms with Crippen LogP contribution in [0.5, 0.6) is 0 Å². The third kappa shape index (κ3) is 1.74. The molecule has 0 spiro atoms. The Morgan fingerprint density at radius 2 is 2.50 bits per heavy atom. The van der Waals surface area contributed by atoms with Crippen LogP contribution in [0.1, 0.15) is 23.3 Å². The van der Waals surface area contributed by atoms with Crippen molar-refractivity contribution in [3.05, 3.63) is 11.9 Å². The molecule has 6 nitrogen and oxygen atoms in total. The first-order valence-corrected chi connectivity index (χ1v) is 4.51. The topological polar surface area (TPSA) is 90.9 Å². The first kappa shape index (κ1) is 9.14. The molecule has 1 aromatic heterocycles. The number of aliphatic hydroxyl groups excluding tert-OH is 1. The zero-order valence-electron chi connectivity index (χ0n) is 7.66. The Bertz CT molecular complexity index is 318.